The van der Waals surface area contributed by atoms with E-state index in [1.54, 1.807) is 7.11 Å². The van der Waals surface area contributed by atoms with Crippen molar-refractivity contribution in [3.63, 3.8) is 0 Å². The van der Waals surface area contributed by atoms with Crippen molar-refractivity contribution in [3.8, 4) is 0 Å². The van der Waals surface area contributed by atoms with Gasteiger partial charge < -0.3 is 9.47 Å². The first-order chi connectivity index (χ1) is 7.93. The van der Waals surface area contributed by atoms with Gasteiger partial charge in [0.05, 0.1) is 18.6 Å². The van der Waals surface area contributed by atoms with Crippen molar-refractivity contribution in [1.82, 2.24) is 0 Å². The summed E-state index contributed by atoms with van der Waals surface area (Å²) in [5.41, 5.74) is -0.0346. The molecule has 0 N–H and O–H groups in total. The second-order valence-corrected chi connectivity index (χ2v) is 4.99. The number of methoxy groups -OCH3 is 2. The summed E-state index contributed by atoms with van der Waals surface area (Å²) in [6.07, 6.45) is 8.11. The summed E-state index contributed by atoms with van der Waals surface area (Å²) in [5.74, 6) is -0.193. The Bertz CT molecular complexity index is 244. The third-order valence-corrected chi connectivity index (χ3v) is 2.96. The summed E-state index contributed by atoms with van der Waals surface area (Å²) in [7, 11) is 3.17. The Labute approximate surface area is 105 Å². The van der Waals surface area contributed by atoms with Crippen LogP contribution in [0.2, 0.25) is 0 Å². The van der Waals surface area contributed by atoms with Crippen LogP contribution in [0.4, 0.5) is 0 Å². The van der Waals surface area contributed by atoms with Gasteiger partial charge >= 0.3 is 5.97 Å². The maximum absolute atomic E-state index is 11.1. The highest BCUT2D eigenvalue weighted by Gasteiger charge is 2.14. The molecular weight excluding hydrogens is 216 g/mol. The maximum atomic E-state index is 11.1. The van der Waals surface area contributed by atoms with Crippen LogP contribution in [0, 0.1) is 5.92 Å². The van der Waals surface area contributed by atoms with Crippen LogP contribution in [0.1, 0.15) is 46.5 Å². The van der Waals surface area contributed by atoms with Crippen molar-refractivity contribution in [1.29, 1.82) is 0 Å². The van der Waals surface area contributed by atoms with Gasteiger partial charge in [0.15, 0.2) is 0 Å². The fourth-order valence-electron chi connectivity index (χ4n) is 1.46. The number of allylic oxidation sites excluding steroid dienone is 2. The molecule has 0 fully saturated rings. The molecule has 0 radical (unpaired) electrons. The van der Waals surface area contributed by atoms with Gasteiger partial charge in [0.25, 0.3) is 0 Å². The SMILES string of the molecule is COC(=O)C(C)C/C=C/CCCC(C)(C)OC. The zero-order valence-corrected chi connectivity index (χ0v) is 11.8. The van der Waals surface area contributed by atoms with E-state index in [2.05, 4.69) is 30.7 Å². The molecule has 0 aromatic heterocycles. The molecule has 3 heteroatoms. The molecule has 0 saturated heterocycles. The molecule has 17 heavy (non-hydrogen) atoms. The largest absolute Gasteiger partial charge is 0.469 e. The quantitative estimate of drug-likeness (QED) is 0.372. The lowest BCUT2D eigenvalue weighted by molar-refractivity contribution is -0.144. The van der Waals surface area contributed by atoms with Gasteiger partial charge in [0.1, 0.15) is 0 Å². The van der Waals surface area contributed by atoms with Gasteiger partial charge in [0.2, 0.25) is 0 Å². The Morgan fingerprint density at radius 1 is 1.29 bits per heavy atom. The molecule has 0 aliphatic heterocycles. The minimum atomic E-state index is -0.143. The minimum Gasteiger partial charge on any atom is -0.469 e. The zero-order chi connectivity index (χ0) is 13.3. The van der Waals surface area contributed by atoms with E-state index >= 15 is 0 Å². The molecule has 0 aromatic carbocycles. The lowest BCUT2D eigenvalue weighted by Crippen LogP contribution is -2.21. The molecule has 1 atom stereocenters. The standard InChI is InChI=1S/C14H26O3/c1-12(13(15)16-4)10-8-6-7-9-11-14(2,3)17-5/h6,8,12H,7,9-11H2,1-5H3/b8-6+. The van der Waals surface area contributed by atoms with Crippen LogP contribution < -0.4 is 0 Å². The Morgan fingerprint density at radius 3 is 2.47 bits per heavy atom. The molecule has 0 rings (SSSR count). The lowest BCUT2D eigenvalue weighted by Gasteiger charge is -2.22. The van der Waals surface area contributed by atoms with Gasteiger partial charge in [-0.2, -0.15) is 0 Å². The normalized spacial score (nSPS) is 13.9. The van der Waals surface area contributed by atoms with Crippen LogP contribution in [0.5, 0.6) is 0 Å². The van der Waals surface area contributed by atoms with Gasteiger partial charge in [0, 0.05) is 7.11 Å². The Hall–Kier alpha value is -0.830. The van der Waals surface area contributed by atoms with Crippen LogP contribution in [-0.4, -0.2) is 25.8 Å². The van der Waals surface area contributed by atoms with Gasteiger partial charge in [-0.25, -0.2) is 0 Å². The van der Waals surface area contributed by atoms with E-state index in [1.165, 1.54) is 7.11 Å². The molecule has 0 saturated carbocycles. The average Bonchev–Trinajstić information content (AvgIpc) is 2.32. The van der Waals surface area contributed by atoms with E-state index in [1.807, 2.05) is 6.92 Å². The first-order valence-corrected chi connectivity index (χ1v) is 6.21. The summed E-state index contributed by atoms with van der Waals surface area (Å²) >= 11 is 0. The third-order valence-electron chi connectivity index (χ3n) is 2.96. The summed E-state index contributed by atoms with van der Waals surface area (Å²) in [6.45, 7) is 6.07. The van der Waals surface area contributed by atoms with E-state index in [-0.39, 0.29) is 17.5 Å². The zero-order valence-electron chi connectivity index (χ0n) is 11.8. The molecule has 100 valence electrons. The van der Waals surface area contributed by atoms with Crippen molar-refractivity contribution >= 4 is 5.97 Å². The molecule has 0 aliphatic rings. The predicted molar refractivity (Wildman–Crippen MR) is 69.9 cm³/mol. The summed E-state index contributed by atoms with van der Waals surface area (Å²) in [5, 5.41) is 0. The summed E-state index contributed by atoms with van der Waals surface area (Å²) in [4.78, 5) is 11.1. The number of hydrogen-bond donors (Lipinski definition) is 0. The summed E-state index contributed by atoms with van der Waals surface area (Å²) < 4.78 is 10.0. The van der Waals surface area contributed by atoms with E-state index in [0.717, 1.165) is 25.7 Å². The van der Waals surface area contributed by atoms with Crippen molar-refractivity contribution in [2.75, 3.05) is 14.2 Å². The molecule has 0 bridgehead atoms. The topological polar surface area (TPSA) is 35.5 Å². The van der Waals surface area contributed by atoms with Gasteiger partial charge in [-0.15, -0.1) is 0 Å². The van der Waals surface area contributed by atoms with E-state index in [4.69, 9.17) is 4.74 Å². The van der Waals surface area contributed by atoms with Crippen molar-refractivity contribution in [2.45, 2.75) is 52.1 Å². The number of rotatable bonds is 8. The molecule has 0 amide bonds. The van der Waals surface area contributed by atoms with E-state index in [9.17, 15) is 4.79 Å². The second-order valence-electron chi connectivity index (χ2n) is 4.99. The van der Waals surface area contributed by atoms with Crippen LogP contribution in [0.25, 0.3) is 0 Å². The Balaban J connectivity index is 3.66. The van der Waals surface area contributed by atoms with Crippen molar-refractivity contribution < 1.29 is 14.3 Å². The first-order valence-electron chi connectivity index (χ1n) is 6.21. The average molecular weight is 242 g/mol. The lowest BCUT2D eigenvalue weighted by atomic mass is 10.0. The fourth-order valence-corrected chi connectivity index (χ4v) is 1.46. The van der Waals surface area contributed by atoms with Crippen LogP contribution in [0.15, 0.2) is 12.2 Å². The highest BCUT2D eigenvalue weighted by Crippen LogP contribution is 2.16. The van der Waals surface area contributed by atoms with Crippen LogP contribution in [0.3, 0.4) is 0 Å². The van der Waals surface area contributed by atoms with Crippen LogP contribution >= 0.6 is 0 Å². The van der Waals surface area contributed by atoms with E-state index in [0.29, 0.717) is 0 Å². The highest BCUT2D eigenvalue weighted by molar-refractivity contribution is 5.71. The van der Waals surface area contributed by atoms with Crippen LogP contribution in [-0.2, 0) is 14.3 Å². The fraction of sp³-hybridized carbons (Fsp3) is 0.786. The molecule has 0 heterocycles. The number of hydrogen-bond acceptors (Lipinski definition) is 3. The maximum Gasteiger partial charge on any atom is 0.308 e. The number of ether oxygens (including phenoxy) is 2. The minimum absolute atomic E-state index is 0.0346. The molecular formula is C14H26O3. The molecule has 0 aromatic rings. The summed E-state index contributed by atoms with van der Waals surface area (Å²) in [6, 6.07) is 0. The Kier molecular flexibility index (Phi) is 7.88. The van der Waals surface area contributed by atoms with Gasteiger partial charge in [-0.05, 0) is 39.5 Å². The second kappa shape index (κ2) is 8.29. The monoisotopic (exact) mass is 242 g/mol. The van der Waals surface area contributed by atoms with Gasteiger partial charge in [-0.3, -0.25) is 4.79 Å². The van der Waals surface area contributed by atoms with Crippen molar-refractivity contribution in [2.24, 2.45) is 5.92 Å². The predicted octanol–water partition coefficient (Wildman–Crippen LogP) is 3.34. The first kappa shape index (κ1) is 16.2. The Morgan fingerprint density at radius 2 is 1.94 bits per heavy atom. The number of esters is 1. The molecule has 0 spiro atoms. The molecule has 3 nitrogen and oxygen atoms in total. The highest BCUT2D eigenvalue weighted by atomic mass is 16.5. The molecule has 0 aliphatic carbocycles. The number of carbonyl (C=O) groups excluding carboxylic acids is 1. The third kappa shape index (κ3) is 7.97. The number of unbranched alkanes of at least 4 members (excludes halogenated alkanes) is 1. The van der Waals surface area contributed by atoms with Gasteiger partial charge in [-0.1, -0.05) is 19.1 Å². The van der Waals surface area contributed by atoms with E-state index < -0.39 is 0 Å². The van der Waals surface area contributed by atoms with Crippen molar-refractivity contribution in [3.05, 3.63) is 12.2 Å². The smallest absolute Gasteiger partial charge is 0.308 e. The molecule has 1 unspecified atom stereocenters. The number of carbonyl (C=O) groups is 1.